The molecule has 144 valence electrons. The SMILES string of the molecule is CC(C)n1c(N)nc2c(N[C@H](CO)c3ccccc3)nc(C[C@@H](C)O)nc21. The van der Waals surface area contributed by atoms with Gasteiger partial charge in [-0.3, -0.25) is 4.57 Å². The van der Waals surface area contributed by atoms with E-state index in [1.807, 2.05) is 48.7 Å². The van der Waals surface area contributed by atoms with Crippen LogP contribution in [0.3, 0.4) is 0 Å². The van der Waals surface area contributed by atoms with Crippen LogP contribution in [-0.4, -0.2) is 42.4 Å². The Bertz CT molecular complexity index is 907. The Morgan fingerprint density at radius 1 is 1.11 bits per heavy atom. The van der Waals surface area contributed by atoms with Crippen LogP contribution in [0.5, 0.6) is 0 Å². The maximum absolute atomic E-state index is 9.88. The zero-order valence-corrected chi connectivity index (χ0v) is 15.8. The van der Waals surface area contributed by atoms with Crippen molar-refractivity contribution in [2.75, 3.05) is 17.7 Å². The van der Waals surface area contributed by atoms with Gasteiger partial charge in [0.15, 0.2) is 17.0 Å². The van der Waals surface area contributed by atoms with Crippen molar-refractivity contribution in [3.63, 3.8) is 0 Å². The van der Waals surface area contributed by atoms with E-state index < -0.39 is 6.10 Å². The number of anilines is 2. The monoisotopic (exact) mass is 370 g/mol. The second-order valence-electron chi connectivity index (χ2n) is 6.94. The lowest BCUT2D eigenvalue weighted by Crippen LogP contribution is -2.18. The fourth-order valence-electron chi connectivity index (χ4n) is 3.09. The summed E-state index contributed by atoms with van der Waals surface area (Å²) in [5.74, 6) is 1.34. The zero-order chi connectivity index (χ0) is 19.6. The lowest BCUT2D eigenvalue weighted by molar-refractivity contribution is 0.193. The Hall–Kier alpha value is -2.71. The highest BCUT2D eigenvalue weighted by Crippen LogP contribution is 2.28. The van der Waals surface area contributed by atoms with Crippen LogP contribution in [0.1, 0.15) is 44.2 Å². The summed E-state index contributed by atoms with van der Waals surface area (Å²) in [7, 11) is 0. The fraction of sp³-hybridized carbons (Fsp3) is 0.421. The van der Waals surface area contributed by atoms with Gasteiger partial charge in [0.25, 0.3) is 0 Å². The first kappa shape index (κ1) is 19.1. The Kier molecular flexibility index (Phi) is 5.57. The van der Waals surface area contributed by atoms with Crippen molar-refractivity contribution in [1.29, 1.82) is 0 Å². The molecular formula is C19H26N6O2. The molecular weight excluding hydrogens is 344 g/mol. The van der Waals surface area contributed by atoms with Gasteiger partial charge in [0.2, 0.25) is 5.95 Å². The molecule has 0 fully saturated rings. The van der Waals surface area contributed by atoms with E-state index in [0.717, 1.165) is 5.56 Å². The molecule has 5 N–H and O–H groups in total. The minimum absolute atomic E-state index is 0.0694. The minimum Gasteiger partial charge on any atom is -0.394 e. The average molecular weight is 370 g/mol. The van der Waals surface area contributed by atoms with Crippen molar-refractivity contribution >= 4 is 22.9 Å². The third kappa shape index (κ3) is 4.01. The molecule has 0 spiro atoms. The van der Waals surface area contributed by atoms with Crippen molar-refractivity contribution in [2.45, 2.75) is 45.4 Å². The number of hydrogen-bond acceptors (Lipinski definition) is 7. The van der Waals surface area contributed by atoms with E-state index in [2.05, 4.69) is 20.3 Å². The van der Waals surface area contributed by atoms with Crippen LogP contribution in [0.15, 0.2) is 30.3 Å². The van der Waals surface area contributed by atoms with Crippen molar-refractivity contribution in [1.82, 2.24) is 19.5 Å². The average Bonchev–Trinajstić information content (AvgIpc) is 2.96. The summed E-state index contributed by atoms with van der Waals surface area (Å²) in [5, 5.41) is 22.9. The van der Waals surface area contributed by atoms with Crippen LogP contribution in [0.25, 0.3) is 11.2 Å². The summed E-state index contributed by atoms with van der Waals surface area (Å²) in [6.45, 7) is 5.58. The molecule has 2 atom stereocenters. The van der Waals surface area contributed by atoms with Gasteiger partial charge >= 0.3 is 0 Å². The number of imidazole rings is 1. The van der Waals surface area contributed by atoms with Crippen LogP contribution in [0.4, 0.5) is 11.8 Å². The van der Waals surface area contributed by atoms with Crippen LogP contribution in [-0.2, 0) is 6.42 Å². The number of aliphatic hydroxyl groups is 2. The molecule has 2 aromatic heterocycles. The van der Waals surface area contributed by atoms with E-state index in [1.165, 1.54) is 0 Å². The summed E-state index contributed by atoms with van der Waals surface area (Å²) < 4.78 is 1.84. The normalized spacial score (nSPS) is 13.9. The third-order valence-corrected chi connectivity index (χ3v) is 4.30. The molecule has 0 amide bonds. The van der Waals surface area contributed by atoms with Crippen LogP contribution in [0.2, 0.25) is 0 Å². The summed E-state index contributed by atoms with van der Waals surface area (Å²) >= 11 is 0. The summed E-state index contributed by atoms with van der Waals surface area (Å²) in [6.07, 6.45) is -0.269. The number of rotatable bonds is 7. The number of nitrogen functional groups attached to an aromatic ring is 1. The predicted octanol–water partition coefficient (Wildman–Crippen LogP) is 2.06. The summed E-state index contributed by atoms with van der Waals surface area (Å²) in [4.78, 5) is 13.6. The number of benzene rings is 1. The highest BCUT2D eigenvalue weighted by atomic mass is 16.3. The molecule has 3 aromatic rings. The van der Waals surface area contributed by atoms with Gasteiger partial charge in [0, 0.05) is 12.5 Å². The Balaban J connectivity index is 2.11. The molecule has 27 heavy (non-hydrogen) atoms. The van der Waals surface area contributed by atoms with E-state index in [-0.39, 0.29) is 18.7 Å². The van der Waals surface area contributed by atoms with Crippen LogP contribution in [0, 0.1) is 0 Å². The van der Waals surface area contributed by atoms with E-state index in [9.17, 15) is 10.2 Å². The highest BCUT2D eigenvalue weighted by Gasteiger charge is 2.21. The molecule has 0 aliphatic heterocycles. The third-order valence-electron chi connectivity index (χ3n) is 4.30. The van der Waals surface area contributed by atoms with Crippen LogP contribution < -0.4 is 11.1 Å². The Labute approximate surface area is 158 Å². The lowest BCUT2D eigenvalue weighted by atomic mass is 10.1. The maximum atomic E-state index is 9.88. The second kappa shape index (κ2) is 7.89. The van der Waals surface area contributed by atoms with Gasteiger partial charge in [-0.1, -0.05) is 30.3 Å². The van der Waals surface area contributed by atoms with Gasteiger partial charge in [-0.2, -0.15) is 0 Å². The first-order valence-corrected chi connectivity index (χ1v) is 9.05. The predicted molar refractivity (Wildman–Crippen MR) is 105 cm³/mol. The largest absolute Gasteiger partial charge is 0.394 e. The number of fused-ring (bicyclic) bond motifs is 1. The van der Waals surface area contributed by atoms with Gasteiger partial charge in [-0.25, -0.2) is 15.0 Å². The van der Waals surface area contributed by atoms with Crippen molar-refractivity contribution in [3.8, 4) is 0 Å². The molecule has 0 bridgehead atoms. The number of aromatic nitrogens is 4. The van der Waals surface area contributed by atoms with Gasteiger partial charge < -0.3 is 21.3 Å². The van der Waals surface area contributed by atoms with E-state index >= 15 is 0 Å². The molecule has 8 heteroatoms. The maximum Gasteiger partial charge on any atom is 0.202 e. The summed E-state index contributed by atoms with van der Waals surface area (Å²) in [5.41, 5.74) is 8.19. The molecule has 3 rings (SSSR count). The van der Waals surface area contributed by atoms with E-state index in [1.54, 1.807) is 6.92 Å². The zero-order valence-electron chi connectivity index (χ0n) is 15.8. The molecule has 0 radical (unpaired) electrons. The standard InChI is InChI=1S/C19H26N6O2/c1-11(2)25-18-16(24-19(25)20)17(22-15(23-18)9-12(3)27)21-14(10-26)13-7-5-4-6-8-13/h4-8,11-12,14,26-27H,9-10H2,1-3H3,(H2,20,24)(H,21,22,23)/t12-,14-/m1/s1. The summed E-state index contributed by atoms with van der Waals surface area (Å²) in [6, 6.07) is 9.34. The van der Waals surface area contributed by atoms with Gasteiger partial charge in [0.05, 0.1) is 18.8 Å². The fourth-order valence-corrected chi connectivity index (χ4v) is 3.09. The molecule has 0 saturated carbocycles. The molecule has 0 saturated heterocycles. The molecule has 0 aliphatic carbocycles. The molecule has 0 unspecified atom stereocenters. The first-order valence-electron chi connectivity index (χ1n) is 9.05. The Morgan fingerprint density at radius 2 is 1.81 bits per heavy atom. The number of nitrogens with zero attached hydrogens (tertiary/aromatic N) is 4. The Morgan fingerprint density at radius 3 is 2.41 bits per heavy atom. The van der Waals surface area contributed by atoms with Crippen molar-refractivity contribution in [3.05, 3.63) is 41.7 Å². The van der Waals surface area contributed by atoms with Crippen molar-refractivity contribution < 1.29 is 10.2 Å². The molecule has 1 aromatic carbocycles. The number of aliphatic hydroxyl groups excluding tert-OH is 2. The van der Waals surface area contributed by atoms with E-state index in [4.69, 9.17) is 5.73 Å². The second-order valence-corrected chi connectivity index (χ2v) is 6.94. The number of nitrogens with one attached hydrogen (secondary N) is 1. The molecule has 2 heterocycles. The smallest absolute Gasteiger partial charge is 0.202 e. The van der Waals surface area contributed by atoms with Crippen molar-refractivity contribution in [2.24, 2.45) is 0 Å². The van der Waals surface area contributed by atoms with Gasteiger partial charge in [-0.05, 0) is 26.3 Å². The molecule has 8 nitrogen and oxygen atoms in total. The number of hydrogen-bond donors (Lipinski definition) is 4. The minimum atomic E-state index is -0.578. The number of nitrogens with two attached hydrogens (primary N) is 1. The van der Waals surface area contributed by atoms with Gasteiger partial charge in [0.1, 0.15) is 5.82 Å². The highest BCUT2D eigenvalue weighted by molar-refractivity contribution is 5.85. The van der Waals surface area contributed by atoms with Gasteiger partial charge in [-0.15, -0.1) is 0 Å². The van der Waals surface area contributed by atoms with E-state index in [0.29, 0.717) is 35.2 Å². The molecule has 0 aliphatic rings. The topological polar surface area (TPSA) is 122 Å². The van der Waals surface area contributed by atoms with Crippen LogP contribution >= 0.6 is 0 Å². The quantitative estimate of drug-likeness (QED) is 0.502. The lowest BCUT2D eigenvalue weighted by Gasteiger charge is -2.18. The first-order chi connectivity index (χ1) is 12.9.